The summed E-state index contributed by atoms with van der Waals surface area (Å²) < 4.78 is 5.41. The molecular weight excluding hydrogens is 400 g/mol. The Morgan fingerprint density at radius 2 is 1.97 bits per heavy atom. The highest BCUT2D eigenvalue weighted by molar-refractivity contribution is 7.13. The SMILES string of the molecule is CC(C)(C)OC(=O)NC(CN=C(N)N1CCN(c2nccs2)CC1)c1ccccc1. The maximum Gasteiger partial charge on any atom is 0.408 e. The van der Waals surface area contributed by atoms with Gasteiger partial charge in [0.2, 0.25) is 0 Å². The van der Waals surface area contributed by atoms with Gasteiger partial charge < -0.3 is 25.6 Å². The second-order valence-corrected chi connectivity index (χ2v) is 8.97. The quantitative estimate of drug-likeness (QED) is 0.559. The summed E-state index contributed by atoms with van der Waals surface area (Å²) in [5, 5.41) is 5.94. The molecule has 3 rings (SSSR count). The zero-order valence-corrected chi connectivity index (χ0v) is 18.6. The average molecular weight is 431 g/mol. The predicted molar refractivity (Wildman–Crippen MR) is 121 cm³/mol. The number of carbonyl (C=O) groups is 1. The Morgan fingerprint density at radius 3 is 2.57 bits per heavy atom. The van der Waals surface area contributed by atoms with Crippen molar-refractivity contribution in [1.82, 2.24) is 15.2 Å². The fourth-order valence-corrected chi connectivity index (χ4v) is 3.85. The van der Waals surface area contributed by atoms with Crippen molar-refractivity contribution in [3.8, 4) is 0 Å². The normalized spacial score (nSPS) is 16.3. The molecule has 1 atom stereocenters. The maximum atomic E-state index is 12.3. The number of guanidine groups is 1. The van der Waals surface area contributed by atoms with Crippen molar-refractivity contribution in [1.29, 1.82) is 0 Å². The van der Waals surface area contributed by atoms with E-state index in [-0.39, 0.29) is 6.04 Å². The summed E-state index contributed by atoms with van der Waals surface area (Å²) in [6.45, 7) is 9.11. The number of ether oxygens (including phenoxy) is 1. The molecule has 1 amide bonds. The maximum absolute atomic E-state index is 12.3. The number of alkyl carbamates (subject to hydrolysis) is 1. The van der Waals surface area contributed by atoms with E-state index >= 15 is 0 Å². The molecule has 1 aromatic heterocycles. The molecule has 1 aliphatic rings. The lowest BCUT2D eigenvalue weighted by molar-refractivity contribution is 0.0505. The molecule has 30 heavy (non-hydrogen) atoms. The highest BCUT2D eigenvalue weighted by atomic mass is 32.1. The van der Waals surface area contributed by atoms with E-state index in [1.165, 1.54) is 0 Å². The zero-order chi connectivity index (χ0) is 21.6. The van der Waals surface area contributed by atoms with E-state index in [0.29, 0.717) is 12.5 Å². The summed E-state index contributed by atoms with van der Waals surface area (Å²) in [4.78, 5) is 25.6. The minimum Gasteiger partial charge on any atom is -0.444 e. The second-order valence-electron chi connectivity index (χ2n) is 8.10. The number of aliphatic imine (C=N–C) groups is 1. The van der Waals surface area contributed by atoms with Gasteiger partial charge in [0.25, 0.3) is 0 Å². The smallest absolute Gasteiger partial charge is 0.408 e. The first-order valence-corrected chi connectivity index (χ1v) is 10.9. The van der Waals surface area contributed by atoms with Crippen LogP contribution in [0.5, 0.6) is 0 Å². The van der Waals surface area contributed by atoms with Crippen molar-refractivity contribution in [2.24, 2.45) is 10.7 Å². The highest BCUT2D eigenvalue weighted by Crippen LogP contribution is 2.19. The molecule has 1 unspecified atom stereocenters. The molecule has 1 saturated heterocycles. The molecule has 0 spiro atoms. The molecule has 0 bridgehead atoms. The number of carbonyl (C=O) groups excluding carboxylic acids is 1. The predicted octanol–water partition coefficient (Wildman–Crippen LogP) is 2.85. The number of benzene rings is 1. The molecule has 2 aromatic rings. The lowest BCUT2D eigenvalue weighted by Crippen LogP contribution is -2.51. The van der Waals surface area contributed by atoms with Gasteiger partial charge in [-0.05, 0) is 26.3 Å². The van der Waals surface area contributed by atoms with Crippen LogP contribution in [-0.2, 0) is 4.74 Å². The number of amides is 1. The van der Waals surface area contributed by atoms with Gasteiger partial charge in [-0.15, -0.1) is 11.3 Å². The van der Waals surface area contributed by atoms with Crippen LogP contribution in [0.3, 0.4) is 0 Å². The van der Waals surface area contributed by atoms with Crippen LogP contribution in [-0.4, -0.2) is 60.3 Å². The van der Waals surface area contributed by atoms with E-state index in [1.54, 1.807) is 11.3 Å². The minimum absolute atomic E-state index is 0.323. The van der Waals surface area contributed by atoms with Crippen molar-refractivity contribution in [2.75, 3.05) is 37.6 Å². The topological polar surface area (TPSA) is 96.1 Å². The van der Waals surface area contributed by atoms with Crippen molar-refractivity contribution in [3.63, 3.8) is 0 Å². The molecule has 2 heterocycles. The van der Waals surface area contributed by atoms with E-state index in [2.05, 4.69) is 25.1 Å². The lowest BCUT2D eigenvalue weighted by Gasteiger charge is -2.35. The van der Waals surface area contributed by atoms with Crippen LogP contribution in [0.2, 0.25) is 0 Å². The first kappa shape index (κ1) is 21.9. The lowest BCUT2D eigenvalue weighted by atomic mass is 10.1. The molecule has 1 aromatic carbocycles. The van der Waals surface area contributed by atoms with E-state index in [0.717, 1.165) is 36.9 Å². The Bertz CT molecular complexity index is 827. The van der Waals surface area contributed by atoms with Gasteiger partial charge in [-0.25, -0.2) is 9.78 Å². The fourth-order valence-electron chi connectivity index (χ4n) is 3.15. The Labute approximate surface area is 181 Å². The monoisotopic (exact) mass is 430 g/mol. The summed E-state index contributed by atoms with van der Waals surface area (Å²) >= 11 is 1.64. The Balaban J connectivity index is 1.61. The molecule has 0 aliphatic carbocycles. The number of anilines is 1. The van der Waals surface area contributed by atoms with Gasteiger partial charge in [-0.3, -0.25) is 4.99 Å². The number of thiazole rings is 1. The largest absolute Gasteiger partial charge is 0.444 e. The standard InChI is InChI=1S/C21H30N6O2S/c1-21(2,3)29-20(28)25-17(16-7-5-4-6-8-16)15-24-18(22)26-10-12-27(13-11-26)19-23-9-14-30-19/h4-9,14,17H,10-13,15H2,1-3H3,(H2,22,24)(H,25,28). The molecule has 0 radical (unpaired) electrons. The van der Waals surface area contributed by atoms with Gasteiger partial charge in [-0.1, -0.05) is 30.3 Å². The number of nitrogens with one attached hydrogen (secondary N) is 1. The van der Waals surface area contributed by atoms with Crippen LogP contribution in [0.1, 0.15) is 32.4 Å². The van der Waals surface area contributed by atoms with E-state index in [4.69, 9.17) is 10.5 Å². The molecule has 162 valence electrons. The minimum atomic E-state index is -0.565. The van der Waals surface area contributed by atoms with Crippen molar-refractivity contribution >= 4 is 28.5 Å². The number of nitrogens with two attached hydrogens (primary N) is 1. The number of aromatic nitrogens is 1. The molecule has 8 nitrogen and oxygen atoms in total. The molecule has 1 fully saturated rings. The number of nitrogens with zero attached hydrogens (tertiary/aromatic N) is 4. The summed E-state index contributed by atoms with van der Waals surface area (Å²) in [6.07, 6.45) is 1.35. The zero-order valence-electron chi connectivity index (χ0n) is 17.7. The first-order valence-electron chi connectivity index (χ1n) is 10.1. The molecule has 3 N–H and O–H groups in total. The number of piperazine rings is 1. The summed E-state index contributed by atoms with van der Waals surface area (Å²) in [7, 11) is 0. The van der Waals surface area contributed by atoms with Crippen LogP contribution >= 0.6 is 11.3 Å². The van der Waals surface area contributed by atoms with Gasteiger partial charge in [0.15, 0.2) is 11.1 Å². The Kier molecular flexibility index (Phi) is 7.15. The summed E-state index contributed by atoms with van der Waals surface area (Å²) in [6, 6.07) is 9.40. The van der Waals surface area contributed by atoms with E-state index in [9.17, 15) is 4.79 Å². The fraction of sp³-hybridized carbons (Fsp3) is 0.476. The van der Waals surface area contributed by atoms with Crippen LogP contribution in [0.4, 0.5) is 9.93 Å². The average Bonchev–Trinajstić information content (AvgIpc) is 3.25. The molecule has 9 heteroatoms. The van der Waals surface area contributed by atoms with Crippen LogP contribution in [0, 0.1) is 0 Å². The third kappa shape index (κ3) is 6.35. The molecular formula is C21H30N6O2S. The van der Waals surface area contributed by atoms with Crippen LogP contribution in [0.25, 0.3) is 0 Å². The number of hydrogen-bond acceptors (Lipinski definition) is 6. The third-order valence-electron chi connectivity index (χ3n) is 4.62. The Hall–Kier alpha value is -2.81. The Morgan fingerprint density at radius 1 is 1.27 bits per heavy atom. The highest BCUT2D eigenvalue weighted by Gasteiger charge is 2.22. The van der Waals surface area contributed by atoms with E-state index < -0.39 is 11.7 Å². The van der Waals surface area contributed by atoms with Gasteiger partial charge in [0.05, 0.1) is 12.6 Å². The number of rotatable bonds is 5. The van der Waals surface area contributed by atoms with Crippen molar-refractivity contribution < 1.29 is 9.53 Å². The van der Waals surface area contributed by atoms with Crippen molar-refractivity contribution in [2.45, 2.75) is 32.4 Å². The van der Waals surface area contributed by atoms with Crippen molar-refractivity contribution in [3.05, 3.63) is 47.5 Å². The van der Waals surface area contributed by atoms with Gasteiger partial charge >= 0.3 is 6.09 Å². The molecule has 0 saturated carbocycles. The van der Waals surface area contributed by atoms with Gasteiger partial charge in [0, 0.05) is 37.8 Å². The summed E-state index contributed by atoms with van der Waals surface area (Å²) in [5.74, 6) is 0.487. The van der Waals surface area contributed by atoms with Gasteiger partial charge in [-0.2, -0.15) is 0 Å². The van der Waals surface area contributed by atoms with E-state index in [1.807, 2.05) is 62.7 Å². The second kappa shape index (κ2) is 9.80. The van der Waals surface area contributed by atoms with Crippen LogP contribution in [0.15, 0.2) is 46.9 Å². The third-order valence-corrected chi connectivity index (χ3v) is 5.45. The molecule has 1 aliphatic heterocycles. The summed E-state index contributed by atoms with van der Waals surface area (Å²) in [5.41, 5.74) is 6.66. The first-order chi connectivity index (χ1) is 14.3. The van der Waals surface area contributed by atoms with Gasteiger partial charge in [0.1, 0.15) is 5.60 Å². The number of hydrogen-bond donors (Lipinski definition) is 2. The van der Waals surface area contributed by atoms with Crippen LogP contribution < -0.4 is 16.0 Å².